The van der Waals surface area contributed by atoms with E-state index in [-0.39, 0.29) is 18.0 Å². The number of rotatable bonds is 8. The van der Waals surface area contributed by atoms with E-state index in [2.05, 4.69) is 16.6 Å². The zero-order chi connectivity index (χ0) is 23.7. The van der Waals surface area contributed by atoms with Crippen molar-refractivity contribution in [1.29, 1.82) is 0 Å². The standard InChI is InChI=1S/C14H15NO2S.C11H14N2O2/c1-2-12-8-10-13(11-9-12)15-18(16,17)14-6-4-3-5-7-14;12-6-8(14)7-15-11-3-1-2-10-9(11)4-5-13-10/h3-11,15H,2H2,1H3;1-5,8,13-14H,6-7,12H2. The van der Waals surface area contributed by atoms with Crippen LogP contribution in [0.25, 0.3) is 10.9 Å². The van der Waals surface area contributed by atoms with E-state index in [1.165, 1.54) is 5.56 Å². The van der Waals surface area contributed by atoms with Crippen molar-refractivity contribution >= 4 is 26.6 Å². The molecule has 0 aliphatic heterocycles. The third-order valence-electron chi connectivity index (χ3n) is 4.93. The van der Waals surface area contributed by atoms with Crippen LogP contribution in [-0.2, 0) is 16.4 Å². The number of aliphatic hydroxyl groups is 1. The molecule has 0 bridgehead atoms. The molecule has 1 heterocycles. The number of benzene rings is 3. The molecule has 1 atom stereocenters. The Balaban J connectivity index is 0.000000189. The van der Waals surface area contributed by atoms with E-state index in [9.17, 15) is 13.5 Å². The first-order valence-corrected chi connectivity index (χ1v) is 12.1. The van der Waals surface area contributed by atoms with Crippen molar-refractivity contribution in [2.24, 2.45) is 5.73 Å². The third kappa shape index (κ3) is 6.82. The Kier molecular flexibility index (Phi) is 8.48. The molecule has 174 valence electrons. The zero-order valence-electron chi connectivity index (χ0n) is 18.4. The summed E-state index contributed by atoms with van der Waals surface area (Å²) in [5.41, 5.74) is 8.07. The molecule has 0 fully saturated rings. The van der Waals surface area contributed by atoms with Crippen molar-refractivity contribution in [3.05, 3.63) is 90.6 Å². The first-order chi connectivity index (χ1) is 15.9. The van der Waals surface area contributed by atoms with Gasteiger partial charge in [-0.1, -0.05) is 43.3 Å². The number of hydrogen-bond acceptors (Lipinski definition) is 5. The minimum Gasteiger partial charge on any atom is -0.490 e. The lowest BCUT2D eigenvalue weighted by atomic mass is 10.2. The normalized spacial score (nSPS) is 12.0. The summed E-state index contributed by atoms with van der Waals surface area (Å²) in [6, 6.07) is 23.4. The lowest BCUT2D eigenvalue weighted by molar-refractivity contribution is 0.115. The van der Waals surface area contributed by atoms with Gasteiger partial charge in [0, 0.05) is 29.3 Å². The van der Waals surface area contributed by atoms with Crippen LogP contribution >= 0.6 is 0 Å². The number of nitrogens with two attached hydrogens (primary N) is 1. The monoisotopic (exact) mass is 467 g/mol. The molecule has 8 heteroatoms. The highest BCUT2D eigenvalue weighted by atomic mass is 32.2. The smallest absolute Gasteiger partial charge is 0.261 e. The van der Waals surface area contributed by atoms with Crippen molar-refractivity contribution in [3.8, 4) is 5.75 Å². The number of anilines is 1. The summed E-state index contributed by atoms with van der Waals surface area (Å²) in [5.74, 6) is 0.765. The number of sulfonamides is 1. The summed E-state index contributed by atoms with van der Waals surface area (Å²) in [4.78, 5) is 3.36. The molecule has 7 nitrogen and oxygen atoms in total. The Hall–Kier alpha value is -3.33. The first kappa shape index (κ1) is 24.3. The van der Waals surface area contributed by atoms with Crippen molar-refractivity contribution in [2.75, 3.05) is 17.9 Å². The van der Waals surface area contributed by atoms with Gasteiger partial charge < -0.3 is 20.6 Å². The number of nitrogens with one attached hydrogen (secondary N) is 2. The average Bonchev–Trinajstić information content (AvgIpc) is 3.33. The fourth-order valence-electron chi connectivity index (χ4n) is 3.06. The SMILES string of the molecule is CCc1ccc(NS(=O)(=O)c2ccccc2)cc1.NCC(O)COc1cccc2[nH]ccc12. The highest BCUT2D eigenvalue weighted by Crippen LogP contribution is 2.24. The molecule has 0 radical (unpaired) electrons. The molecule has 5 N–H and O–H groups in total. The number of aromatic amines is 1. The van der Waals surface area contributed by atoms with Gasteiger partial charge in [-0.05, 0) is 54.4 Å². The number of aryl methyl sites for hydroxylation is 1. The van der Waals surface area contributed by atoms with Gasteiger partial charge in [-0.15, -0.1) is 0 Å². The zero-order valence-corrected chi connectivity index (χ0v) is 19.3. The lowest BCUT2D eigenvalue weighted by Crippen LogP contribution is -2.26. The maximum absolute atomic E-state index is 12.0. The van der Waals surface area contributed by atoms with Gasteiger partial charge in [0.2, 0.25) is 0 Å². The Bertz CT molecular complexity index is 1240. The van der Waals surface area contributed by atoms with Crippen LogP contribution in [-0.4, -0.2) is 37.8 Å². The second kappa shape index (κ2) is 11.5. The quantitative estimate of drug-likeness (QED) is 0.313. The minimum absolute atomic E-state index is 0.211. The van der Waals surface area contributed by atoms with Crippen LogP contribution < -0.4 is 15.2 Å². The largest absolute Gasteiger partial charge is 0.490 e. The Morgan fingerprint density at radius 2 is 1.73 bits per heavy atom. The van der Waals surface area contributed by atoms with Crippen molar-refractivity contribution in [3.63, 3.8) is 0 Å². The van der Waals surface area contributed by atoms with E-state index in [0.717, 1.165) is 23.1 Å². The van der Waals surface area contributed by atoms with E-state index in [0.29, 0.717) is 5.69 Å². The van der Waals surface area contributed by atoms with E-state index < -0.39 is 16.1 Å². The van der Waals surface area contributed by atoms with Crippen molar-refractivity contribution in [1.82, 2.24) is 4.98 Å². The summed E-state index contributed by atoms with van der Waals surface area (Å²) in [7, 11) is -3.48. The summed E-state index contributed by atoms with van der Waals surface area (Å²) in [6.45, 7) is 2.49. The predicted molar refractivity (Wildman–Crippen MR) is 132 cm³/mol. The van der Waals surface area contributed by atoms with Crippen LogP contribution in [0.15, 0.2) is 90.0 Å². The molecule has 0 amide bonds. The lowest BCUT2D eigenvalue weighted by Gasteiger charge is -2.10. The molecule has 33 heavy (non-hydrogen) atoms. The molecule has 0 spiro atoms. The molecule has 0 saturated carbocycles. The fraction of sp³-hybridized carbons (Fsp3) is 0.200. The molecule has 1 unspecified atom stereocenters. The molecule has 0 saturated heterocycles. The molecule has 3 aromatic carbocycles. The van der Waals surface area contributed by atoms with Gasteiger partial charge in [0.05, 0.1) is 4.90 Å². The van der Waals surface area contributed by atoms with E-state index >= 15 is 0 Å². The highest BCUT2D eigenvalue weighted by Gasteiger charge is 2.12. The highest BCUT2D eigenvalue weighted by molar-refractivity contribution is 7.92. The number of aromatic nitrogens is 1. The average molecular weight is 468 g/mol. The number of H-pyrrole nitrogens is 1. The maximum atomic E-state index is 12.0. The summed E-state index contributed by atoms with van der Waals surface area (Å²) < 4.78 is 32.1. The minimum atomic E-state index is -3.48. The molecule has 1 aromatic heterocycles. The number of ether oxygens (including phenoxy) is 1. The van der Waals surface area contributed by atoms with Crippen LogP contribution in [0.1, 0.15) is 12.5 Å². The number of fused-ring (bicyclic) bond motifs is 1. The maximum Gasteiger partial charge on any atom is 0.261 e. The van der Waals surface area contributed by atoms with Gasteiger partial charge in [-0.2, -0.15) is 0 Å². The van der Waals surface area contributed by atoms with Crippen LogP contribution in [0.5, 0.6) is 5.75 Å². The summed E-state index contributed by atoms with van der Waals surface area (Å²) in [6.07, 6.45) is 2.18. The summed E-state index contributed by atoms with van der Waals surface area (Å²) in [5, 5.41) is 10.3. The number of aliphatic hydroxyl groups excluding tert-OH is 1. The molecule has 4 rings (SSSR count). The summed E-state index contributed by atoms with van der Waals surface area (Å²) >= 11 is 0. The van der Waals surface area contributed by atoms with Crippen LogP contribution in [0, 0.1) is 0 Å². The first-order valence-electron chi connectivity index (χ1n) is 10.7. The molecule has 0 aliphatic rings. The second-order valence-electron chi connectivity index (χ2n) is 7.36. The van der Waals surface area contributed by atoms with Gasteiger partial charge in [0.1, 0.15) is 18.5 Å². The van der Waals surface area contributed by atoms with Crippen molar-refractivity contribution < 1.29 is 18.3 Å². The fourth-order valence-corrected chi connectivity index (χ4v) is 4.14. The predicted octanol–water partition coefficient (Wildman–Crippen LogP) is 3.92. The molecular weight excluding hydrogens is 438 g/mol. The van der Waals surface area contributed by atoms with E-state index in [1.807, 2.05) is 42.6 Å². The van der Waals surface area contributed by atoms with Gasteiger partial charge in [-0.3, -0.25) is 4.72 Å². The van der Waals surface area contributed by atoms with Crippen molar-refractivity contribution in [2.45, 2.75) is 24.3 Å². The Morgan fingerprint density at radius 3 is 2.39 bits per heavy atom. The third-order valence-corrected chi connectivity index (χ3v) is 6.32. The second-order valence-corrected chi connectivity index (χ2v) is 9.05. The van der Waals surface area contributed by atoms with Gasteiger partial charge in [0.15, 0.2) is 0 Å². The van der Waals surface area contributed by atoms with Crippen LogP contribution in [0.3, 0.4) is 0 Å². The Labute approximate surface area is 194 Å². The van der Waals surface area contributed by atoms with E-state index in [1.54, 1.807) is 42.5 Å². The van der Waals surface area contributed by atoms with Crippen LogP contribution in [0.4, 0.5) is 5.69 Å². The molecule has 0 aliphatic carbocycles. The van der Waals surface area contributed by atoms with Gasteiger partial charge >= 0.3 is 0 Å². The van der Waals surface area contributed by atoms with Crippen LogP contribution in [0.2, 0.25) is 0 Å². The van der Waals surface area contributed by atoms with Gasteiger partial charge in [0.25, 0.3) is 10.0 Å². The van der Waals surface area contributed by atoms with E-state index in [4.69, 9.17) is 10.5 Å². The topological polar surface area (TPSA) is 117 Å². The number of hydrogen-bond donors (Lipinski definition) is 4. The Morgan fingerprint density at radius 1 is 1.00 bits per heavy atom. The van der Waals surface area contributed by atoms with Gasteiger partial charge in [-0.25, -0.2) is 8.42 Å². The molecular formula is C25H29N3O4S. The molecule has 4 aromatic rings.